The van der Waals surface area contributed by atoms with Crippen LogP contribution in [0.25, 0.3) is 11.1 Å². The molecule has 0 unspecified atom stereocenters. The van der Waals surface area contributed by atoms with Gasteiger partial charge in [-0.15, -0.1) is 0 Å². The van der Waals surface area contributed by atoms with Gasteiger partial charge in [0.05, 0.1) is 5.56 Å². The Balaban J connectivity index is 2.61. The van der Waals surface area contributed by atoms with E-state index in [2.05, 4.69) is 0 Å². The third-order valence-electron chi connectivity index (χ3n) is 2.39. The summed E-state index contributed by atoms with van der Waals surface area (Å²) in [7, 11) is 0. The number of rotatable bonds is 2. The summed E-state index contributed by atoms with van der Waals surface area (Å²) in [6.07, 6.45) is 0.329. The Morgan fingerprint density at radius 3 is 2.41 bits per heavy atom. The van der Waals surface area contributed by atoms with Crippen molar-refractivity contribution in [3.8, 4) is 11.1 Å². The van der Waals surface area contributed by atoms with Gasteiger partial charge in [0.2, 0.25) is 0 Å². The second-order valence-corrected chi connectivity index (χ2v) is 3.46. The Morgan fingerprint density at radius 2 is 1.71 bits per heavy atom. The smallest absolute Gasteiger partial charge is 0.166 e. The van der Waals surface area contributed by atoms with Gasteiger partial charge in [0.1, 0.15) is 5.82 Å². The molecule has 0 N–H and O–H groups in total. The number of hydrogen-bond acceptors (Lipinski definition) is 1. The van der Waals surface area contributed by atoms with Crippen LogP contribution < -0.4 is 0 Å². The monoisotopic (exact) mass is 236 g/mol. The van der Waals surface area contributed by atoms with Crippen molar-refractivity contribution in [2.75, 3.05) is 0 Å². The van der Waals surface area contributed by atoms with Gasteiger partial charge in [-0.1, -0.05) is 18.2 Å². The number of carbonyl (C=O) groups excluding carboxylic acids is 1. The number of carbonyl (C=O) groups is 1. The maximum Gasteiger partial charge on any atom is 0.166 e. The summed E-state index contributed by atoms with van der Waals surface area (Å²) in [5.74, 6) is -2.70. The first-order chi connectivity index (χ1) is 8.13. The molecule has 0 aliphatic carbocycles. The molecule has 2 aromatic carbocycles. The fourth-order valence-corrected chi connectivity index (χ4v) is 1.53. The van der Waals surface area contributed by atoms with Crippen molar-refractivity contribution in [1.29, 1.82) is 0 Å². The van der Waals surface area contributed by atoms with Gasteiger partial charge in [0, 0.05) is 5.56 Å². The average Bonchev–Trinajstić information content (AvgIpc) is 2.34. The molecule has 0 spiro atoms. The molecule has 2 aromatic rings. The quantitative estimate of drug-likeness (QED) is 0.728. The molecule has 86 valence electrons. The minimum atomic E-state index is -1.02. The van der Waals surface area contributed by atoms with E-state index in [1.54, 1.807) is 0 Å². The second-order valence-electron chi connectivity index (χ2n) is 3.46. The average molecular weight is 236 g/mol. The van der Waals surface area contributed by atoms with E-state index in [0.29, 0.717) is 6.29 Å². The fraction of sp³-hybridized carbons (Fsp3) is 0. The van der Waals surface area contributed by atoms with E-state index in [-0.39, 0.29) is 16.7 Å². The summed E-state index contributed by atoms with van der Waals surface area (Å²) in [5.41, 5.74) is 0.0600. The summed E-state index contributed by atoms with van der Waals surface area (Å²) in [5, 5.41) is 0. The van der Waals surface area contributed by atoms with E-state index >= 15 is 0 Å². The second kappa shape index (κ2) is 4.41. The molecule has 0 bridgehead atoms. The SMILES string of the molecule is O=Cc1cc(-c2cccc(F)c2F)ccc1F. The van der Waals surface area contributed by atoms with Gasteiger partial charge in [0.25, 0.3) is 0 Å². The first-order valence-corrected chi connectivity index (χ1v) is 4.82. The molecule has 17 heavy (non-hydrogen) atoms. The molecule has 0 aromatic heterocycles. The van der Waals surface area contributed by atoms with E-state index in [1.807, 2.05) is 0 Å². The molecule has 0 atom stereocenters. The molecule has 0 heterocycles. The van der Waals surface area contributed by atoms with Crippen LogP contribution >= 0.6 is 0 Å². The van der Waals surface area contributed by atoms with Crippen LogP contribution in [0.2, 0.25) is 0 Å². The first kappa shape index (κ1) is 11.4. The summed E-state index contributed by atoms with van der Waals surface area (Å²) in [6, 6.07) is 7.21. The van der Waals surface area contributed by atoms with Crippen LogP contribution in [-0.2, 0) is 0 Å². The Hall–Kier alpha value is -2.10. The predicted molar refractivity (Wildman–Crippen MR) is 57.1 cm³/mol. The highest BCUT2D eigenvalue weighted by atomic mass is 19.2. The predicted octanol–water partition coefficient (Wildman–Crippen LogP) is 3.58. The number of aldehydes is 1. The Morgan fingerprint density at radius 1 is 0.941 bits per heavy atom. The molecule has 2 rings (SSSR count). The molecule has 0 radical (unpaired) electrons. The molecule has 0 fully saturated rings. The van der Waals surface area contributed by atoms with Gasteiger partial charge >= 0.3 is 0 Å². The van der Waals surface area contributed by atoms with Crippen molar-refractivity contribution in [1.82, 2.24) is 0 Å². The summed E-state index contributed by atoms with van der Waals surface area (Å²) < 4.78 is 39.5. The summed E-state index contributed by atoms with van der Waals surface area (Å²) in [4.78, 5) is 10.6. The number of benzene rings is 2. The highest BCUT2D eigenvalue weighted by molar-refractivity contribution is 5.79. The Bertz CT molecular complexity index is 579. The molecule has 0 aliphatic rings. The van der Waals surface area contributed by atoms with Crippen LogP contribution in [0, 0.1) is 17.5 Å². The molecule has 4 heteroatoms. The van der Waals surface area contributed by atoms with E-state index in [9.17, 15) is 18.0 Å². The van der Waals surface area contributed by atoms with Crippen molar-refractivity contribution in [3.63, 3.8) is 0 Å². The standard InChI is InChI=1S/C13H7F3O/c14-11-5-4-8(6-9(11)7-17)10-2-1-3-12(15)13(10)16/h1-7H. The fourth-order valence-electron chi connectivity index (χ4n) is 1.53. The van der Waals surface area contributed by atoms with Crippen LogP contribution in [0.3, 0.4) is 0 Å². The van der Waals surface area contributed by atoms with Crippen molar-refractivity contribution in [2.45, 2.75) is 0 Å². The van der Waals surface area contributed by atoms with Gasteiger partial charge < -0.3 is 0 Å². The normalized spacial score (nSPS) is 10.3. The van der Waals surface area contributed by atoms with Crippen molar-refractivity contribution < 1.29 is 18.0 Å². The molecular formula is C13H7F3O. The van der Waals surface area contributed by atoms with Crippen LogP contribution in [0.5, 0.6) is 0 Å². The Kier molecular flexibility index (Phi) is 2.95. The largest absolute Gasteiger partial charge is 0.298 e. The minimum absolute atomic E-state index is 0.00639. The highest BCUT2D eigenvalue weighted by Gasteiger charge is 2.11. The molecule has 0 saturated heterocycles. The van der Waals surface area contributed by atoms with Crippen molar-refractivity contribution in [3.05, 3.63) is 59.4 Å². The molecule has 0 aliphatic heterocycles. The molecular weight excluding hydrogens is 229 g/mol. The molecule has 1 nitrogen and oxygen atoms in total. The topological polar surface area (TPSA) is 17.1 Å². The zero-order valence-corrected chi connectivity index (χ0v) is 8.58. The first-order valence-electron chi connectivity index (χ1n) is 4.82. The van der Waals surface area contributed by atoms with E-state index in [4.69, 9.17) is 0 Å². The van der Waals surface area contributed by atoms with Crippen LogP contribution in [0.4, 0.5) is 13.2 Å². The number of halogens is 3. The van der Waals surface area contributed by atoms with Crippen LogP contribution in [-0.4, -0.2) is 6.29 Å². The van der Waals surface area contributed by atoms with Crippen LogP contribution in [0.15, 0.2) is 36.4 Å². The van der Waals surface area contributed by atoms with Crippen molar-refractivity contribution in [2.24, 2.45) is 0 Å². The zero-order valence-electron chi connectivity index (χ0n) is 8.58. The third-order valence-corrected chi connectivity index (χ3v) is 2.39. The van der Waals surface area contributed by atoms with E-state index < -0.39 is 17.5 Å². The van der Waals surface area contributed by atoms with Gasteiger partial charge in [0.15, 0.2) is 17.9 Å². The zero-order chi connectivity index (χ0) is 12.4. The van der Waals surface area contributed by atoms with Gasteiger partial charge in [-0.2, -0.15) is 0 Å². The third kappa shape index (κ3) is 2.06. The van der Waals surface area contributed by atoms with E-state index in [0.717, 1.165) is 12.1 Å². The van der Waals surface area contributed by atoms with Crippen molar-refractivity contribution >= 4 is 6.29 Å². The maximum atomic E-state index is 13.5. The molecule has 0 saturated carbocycles. The lowest BCUT2D eigenvalue weighted by atomic mass is 10.0. The van der Waals surface area contributed by atoms with E-state index in [1.165, 1.54) is 24.3 Å². The lowest BCUT2D eigenvalue weighted by molar-refractivity contribution is 0.112. The van der Waals surface area contributed by atoms with Gasteiger partial charge in [-0.05, 0) is 23.8 Å². The lowest BCUT2D eigenvalue weighted by Gasteiger charge is -2.05. The van der Waals surface area contributed by atoms with Gasteiger partial charge in [-0.25, -0.2) is 13.2 Å². The number of hydrogen-bond donors (Lipinski definition) is 0. The molecule has 0 amide bonds. The summed E-state index contributed by atoms with van der Waals surface area (Å²) in [6.45, 7) is 0. The maximum absolute atomic E-state index is 13.5. The highest BCUT2D eigenvalue weighted by Crippen LogP contribution is 2.25. The lowest BCUT2D eigenvalue weighted by Crippen LogP contribution is -1.92. The van der Waals surface area contributed by atoms with Gasteiger partial charge in [-0.3, -0.25) is 4.79 Å². The van der Waals surface area contributed by atoms with Crippen LogP contribution in [0.1, 0.15) is 10.4 Å². The Labute approximate surface area is 95.5 Å². The summed E-state index contributed by atoms with van der Waals surface area (Å²) >= 11 is 0. The minimum Gasteiger partial charge on any atom is -0.298 e.